The van der Waals surface area contributed by atoms with Crippen molar-refractivity contribution in [2.75, 3.05) is 0 Å². The van der Waals surface area contributed by atoms with Crippen LogP contribution in [0.1, 0.15) is 35.6 Å². The number of benzene rings is 1. The highest BCUT2D eigenvalue weighted by atomic mass is 16.5. The fourth-order valence-corrected chi connectivity index (χ4v) is 2.08. The highest BCUT2D eigenvalue weighted by Gasteiger charge is 2.23. The first kappa shape index (κ1) is 12.2. The molecule has 3 nitrogen and oxygen atoms in total. The summed E-state index contributed by atoms with van der Waals surface area (Å²) in [5, 5.41) is 10.4. The van der Waals surface area contributed by atoms with Crippen LogP contribution >= 0.6 is 0 Å². The van der Waals surface area contributed by atoms with Crippen molar-refractivity contribution in [3.63, 3.8) is 0 Å². The van der Waals surface area contributed by atoms with Gasteiger partial charge in [-0.1, -0.05) is 12.1 Å². The number of aliphatic hydroxyl groups excluding tert-OH is 1. The molecule has 0 radical (unpaired) electrons. The van der Waals surface area contributed by atoms with Crippen molar-refractivity contribution in [3.05, 3.63) is 59.4 Å². The van der Waals surface area contributed by atoms with Crippen molar-refractivity contribution >= 4 is 0 Å². The maximum Gasteiger partial charge on any atom is 0.119 e. The molecule has 1 atom stereocenters. The quantitative estimate of drug-likeness (QED) is 0.913. The van der Waals surface area contributed by atoms with E-state index >= 15 is 0 Å². The average Bonchev–Trinajstić information content (AvgIpc) is 3.23. The third-order valence-electron chi connectivity index (χ3n) is 3.38. The van der Waals surface area contributed by atoms with E-state index in [1.54, 1.807) is 12.4 Å². The number of aliphatic hydroxyl groups is 1. The fourth-order valence-electron chi connectivity index (χ4n) is 2.08. The van der Waals surface area contributed by atoms with Gasteiger partial charge in [0, 0.05) is 12.4 Å². The lowest BCUT2D eigenvalue weighted by Crippen LogP contribution is -2.03. The predicted octanol–water partition coefficient (Wildman–Crippen LogP) is 3.01. The Hall–Kier alpha value is -1.87. The maximum absolute atomic E-state index is 10.4. The zero-order valence-corrected chi connectivity index (χ0v) is 10.9. The summed E-state index contributed by atoms with van der Waals surface area (Å²) in [7, 11) is 0. The second-order valence-electron chi connectivity index (χ2n) is 5.02. The minimum absolute atomic E-state index is 0.401. The molecule has 3 rings (SSSR count). The molecular formula is C16H17NO2. The number of aryl methyl sites for hydroxylation is 1. The first-order chi connectivity index (χ1) is 9.24. The molecule has 1 aromatic heterocycles. The first-order valence-electron chi connectivity index (χ1n) is 6.59. The molecule has 1 heterocycles. The van der Waals surface area contributed by atoms with Crippen LogP contribution in [0.5, 0.6) is 5.75 Å². The van der Waals surface area contributed by atoms with E-state index in [9.17, 15) is 5.11 Å². The summed E-state index contributed by atoms with van der Waals surface area (Å²) in [5.74, 6) is 0.880. The van der Waals surface area contributed by atoms with Gasteiger partial charge in [0.15, 0.2) is 0 Å². The van der Waals surface area contributed by atoms with E-state index in [-0.39, 0.29) is 0 Å². The standard InChI is InChI=1S/C16H17NO2/c1-11-10-17-9-8-15(11)16(18)12-2-4-13(5-3-12)19-14-6-7-14/h2-5,8-10,14,16,18H,6-7H2,1H3. The number of ether oxygens (including phenoxy) is 1. The van der Waals surface area contributed by atoms with Crippen LogP contribution in [-0.4, -0.2) is 16.2 Å². The van der Waals surface area contributed by atoms with Gasteiger partial charge in [-0.2, -0.15) is 0 Å². The Kier molecular flexibility index (Phi) is 3.22. The SMILES string of the molecule is Cc1cnccc1C(O)c1ccc(OC2CC2)cc1. The molecule has 0 spiro atoms. The molecular weight excluding hydrogens is 238 g/mol. The lowest BCUT2D eigenvalue weighted by Gasteiger charge is -2.14. The van der Waals surface area contributed by atoms with Crippen LogP contribution in [-0.2, 0) is 0 Å². The molecule has 0 amide bonds. The molecule has 1 unspecified atom stereocenters. The number of hydrogen-bond acceptors (Lipinski definition) is 3. The highest BCUT2D eigenvalue weighted by molar-refractivity contribution is 5.36. The van der Waals surface area contributed by atoms with E-state index in [1.807, 2.05) is 37.3 Å². The summed E-state index contributed by atoms with van der Waals surface area (Å²) in [6.07, 6.45) is 5.57. The number of pyridine rings is 1. The Bertz CT molecular complexity index is 561. The van der Waals surface area contributed by atoms with Gasteiger partial charge in [0.1, 0.15) is 11.9 Å². The summed E-state index contributed by atoms with van der Waals surface area (Å²) in [5.41, 5.74) is 2.76. The maximum atomic E-state index is 10.4. The van der Waals surface area contributed by atoms with Crippen molar-refractivity contribution in [2.45, 2.75) is 32.0 Å². The Balaban J connectivity index is 1.79. The van der Waals surface area contributed by atoms with Gasteiger partial charge in [0.25, 0.3) is 0 Å². The van der Waals surface area contributed by atoms with Gasteiger partial charge >= 0.3 is 0 Å². The number of aromatic nitrogens is 1. The van der Waals surface area contributed by atoms with Crippen LogP contribution in [0.25, 0.3) is 0 Å². The minimum Gasteiger partial charge on any atom is -0.490 e. The molecule has 19 heavy (non-hydrogen) atoms. The third-order valence-corrected chi connectivity index (χ3v) is 3.38. The molecule has 0 bridgehead atoms. The van der Waals surface area contributed by atoms with Crippen LogP contribution in [0.15, 0.2) is 42.7 Å². The second kappa shape index (κ2) is 5.02. The monoisotopic (exact) mass is 255 g/mol. The predicted molar refractivity (Wildman–Crippen MR) is 73.1 cm³/mol. The smallest absolute Gasteiger partial charge is 0.119 e. The van der Waals surface area contributed by atoms with Gasteiger partial charge in [-0.15, -0.1) is 0 Å². The van der Waals surface area contributed by atoms with E-state index in [1.165, 1.54) is 0 Å². The zero-order chi connectivity index (χ0) is 13.2. The number of nitrogens with zero attached hydrogens (tertiary/aromatic N) is 1. The summed E-state index contributed by atoms with van der Waals surface area (Å²) in [6, 6.07) is 9.54. The van der Waals surface area contributed by atoms with Crippen LogP contribution in [0.3, 0.4) is 0 Å². The van der Waals surface area contributed by atoms with E-state index in [4.69, 9.17) is 4.74 Å². The summed E-state index contributed by atoms with van der Waals surface area (Å²) in [4.78, 5) is 4.04. The molecule has 3 heteroatoms. The van der Waals surface area contributed by atoms with Crippen LogP contribution in [0.4, 0.5) is 0 Å². The molecule has 1 aliphatic rings. The number of rotatable bonds is 4. The molecule has 1 N–H and O–H groups in total. The molecule has 1 aliphatic carbocycles. The lowest BCUT2D eigenvalue weighted by molar-refractivity contribution is 0.219. The van der Waals surface area contributed by atoms with E-state index in [2.05, 4.69) is 4.98 Å². The topological polar surface area (TPSA) is 42.4 Å². The Labute approximate surface area is 112 Å². The fraction of sp³-hybridized carbons (Fsp3) is 0.312. The van der Waals surface area contributed by atoms with Crippen molar-refractivity contribution in [3.8, 4) is 5.75 Å². The van der Waals surface area contributed by atoms with Crippen molar-refractivity contribution in [1.29, 1.82) is 0 Å². The van der Waals surface area contributed by atoms with Crippen LogP contribution in [0, 0.1) is 6.92 Å². The highest BCUT2D eigenvalue weighted by Crippen LogP contribution is 2.29. The Morgan fingerprint density at radius 3 is 2.58 bits per heavy atom. The van der Waals surface area contributed by atoms with Gasteiger partial charge in [0.05, 0.1) is 6.10 Å². The van der Waals surface area contributed by atoms with Crippen LogP contribution in [0.2, 0.25) is 0 Å². The molecule has 0 aliphatic heterocycles. The Morgan fingerprint density at radius 2 is 1.95 bits per heavy atom. The van der Waals surface area contributed by atoms with Gasteiger partial charge in [-0.05, 0) is 54.7 Å². The van der Waals surface area contributed by atoms with Crippen molar-refractivity contribution in [2.24, 2.45) is 0 Å². The van der Waals surface area contributed by atoms with Crippen molar-refractivity contribution in [1.82, 2.24) is 4.98 Å². The normalized spacial score (nSPS) is 16.1. The lowest BCUT2D eigenvalue weighted by atomic mass is 9.99. The van der Waals surface area contributed by atoms with Gasteiger partial charge in [0.2, 0.25) is 0 Å². The first-order valence-corrected chi connectivity index (χ1v) is 6.59. The molecule has 2 aromatic rings. The molecule has 98 valence electrons. The summed E-state index contributed by atoms with van der Waals surface area (Å²) in [6.45, 7) is 1.95. The molecule has 1 saturated carbocycles. The average molecular weight is 255 g/mol. The van der Waals surface area contributed by atoms with Crippen molar-refractivity contribution < 1.29 is 9.84 Å². The largest absolute Gasteiger partial charge is 0.490 e. The summed E-state index contributed by atoms with van der Waals surface area (Å²) >= 11 is 0. The summed E-state index contributed by atoms with van der Waals surface area (Å²) < 4.78 is 5.70. The number of hydrogen-bond donors (Lipinski definition) is 1. The molecule has 0 saturated heterocycles. The van der Waals surface area contributed by atoms with Gasteiger partial charge < -0.3 is 9.84 Å². The Morgan fingerprint density at radius 1 is 1.21 bits per heavy atom. The molecule has 1 aromatic carbocycles. The van der Waals surface area contributed by atoms with Gasteiger partial charge in [-0.25, -0.2) is 0 Å². The van der Waals surface area contributed by atoms with E-state index in [0.717, 1.165) is 35.3 Å². The van der Waals surface area contributed by atoms with Gasteiger partial charge in [-0.3, -0.25) is 4.98 Å². The van der Waals surface area contributed by atoms with Crippen LogP contribution < -0.4 is 4.74 Å². The van der Waals surface area contributed by atoms with E-state index < -0.39 is 6.10 Å². The molecule has 1 fully saturated rings. The second-order valence-corrected chi connectivity index (χ2v) is 5.02. The minimum atomic E-state index is -0.613. The zero-order valence-electron chi connectivity index (χ0n) is 10.9. The van der Waals surface area contributed by atoms with E-state index in [0.29, 0.717) is 6.10 Å². The third kappa shape index (κ3) is 2.76.